The van der Waals surface area contributed by atoms with Crippen molar-refractivity contribution in [1.29, 1.82) is 0 Å². The molecule has 1 aromatic heterocycles. The van der Waals surface area contributed by atoms with E-state index in [0.29, 0.717) is 34.2 Å². The van der Waals surface area contributed by atoms with Crippen molar-refractivity contribution in [3.8, 4) is 17.4 Å². The molecule has 0 spiro atoms. The maximum atomic E-state index is 12.7. The second kappa shape index (κ2) is 8.27. The number of pyridine rings is 1. The van der Waals surface area contributed by atoms with Crippen LogP contribution in [0.25, 0.3) is 0 Å². The van der Waals surface area contributed by atoms with Gasteiger partial charge in [0.05, 0.1) is 30.1 Å². The van der Waals surface area contributed by atoms with E-state index in [4.69, 9.17) is 9.47 Å². The van der Waals surface area contributed by atoms with E-state index in [-0.39, 0.29) is 0 Å². The molecular formula is C23H19N3O5. The number of benzene rings is 2. The average molecular weight is 417 g/mol. The summed E-state index contributed by atoms with van der Waals surface area (Å²) in [6.45, 7) is 1.50. The zero-order chi connectivity index (χ0) is 22.0. The number of nitrogens with one attached hydrogen (secondary N) is 1. The number of ether oxygens (including phenoxy) is 2. The number of aromatic nitrogens is 1. The number of anilines is 1. The number of hydrogen-bond donors (Lipinski definition) is 1. The van der Waals surface area contributed by atoms with Crippen LogP contribution in [0.5, 0.6) is 17.4 Å². The Morgan fingerprint density at radius 3 is 2.13 bits per heavy atom. The fourth-order valence-electron chi connectivity index (χ4n) is 3.25. The summed E-state index contributed by atoms with van der Waals surface area (Å²) < 4.78 is 10.9. The number of imide groups is 1. The van der Waals surface area contributed by atoms with Gasteiger partial charge in [-0.15, -0.1) is 0 Å². The van der Waals surface area contributed by atoms with Gasteiger partial charge in [0, 0.05) is 6.07 Å². The van der Waals surface area contributed by atoms with E-state index in [1.54, 1.807) is 55.6 Å². The molecule has 1 unspecified atom stereocenters. The number of nitrogens with zero attached hydrogens (tertiary/aromatic N) is 2. The first-order valence-electron chi connectivity index (χ1n) is 9.54. The number of methoxy groups -OCH3 is 1. The molecule has 0 saturated heterocycles. The Morgan fingerprint density at radius 1 is 0.935 bits per heavy atom. The second-order valence-electron chi connectivity index (χ2n) is 6.83. The molecule has 3 aromatic rings. The van der Waals surface area contributed by atoms with Crippen LogP contribution in [-0.4, -0.2) is 40.8 Å². The fourth-order valence-corrected chi connectivity index (χ4v) is 3.25. The molecular weight excluding hydrogens is 398 g/mol. The van der Waals surface area contributed by atoms with Crippen LogP contribution in [0.1, 0.15) is 27.6 Å². The maximum Gasteiger partial charge on any atom is 0.262 e. The van der Waals surface area contributed by atoms with Gasteiger partial charge in [-0.25, -0.2) is 4.98 Å². The van der Waals surface area contributed by atoms with E-state index >= 15 is 0 Å². The van der Waals surface area contributed by atoms with Gasteiger partial charge in [0.2, 0.25) is 11.8 Å². The molecule has 0 fully saturated rings. The smallest absolute Gasteiger partial charge is 0.262 e. The fraction of sp³-hybridized carbons (Fsp3) is 0.130. The predicted molar refractivity (Wildman–Crippen MR) is 112 cm³/mol. The quantitative estimate of drug-likeness (QED) is 0.617. The SMILES string of the molecule is COc1ccccc1Oc1ccc(NC(=O)C(C)N2C(=O)c3ccccc3C2=O)cn1. The van der Waals surface area contributed by atoms with E-state index < -0.39 is 23.8 Å². The third-order valence-corrected chi connectivity index (χ3v) is 4.88. The largest absolute Gasteiger partial charge is 0.493 e. The number of carbonyl (C=O) groups is 3. The molecule has 0 aliphatic carbocycles. The van der Waals surface area contributed by atoms with Gasteiger partial charge in [-0.1, -0.05) is 24.3 Å². The number of fused-ring (bicyclic) bond motifs is 1. The zero-order valence-corrected chi connectivity index (χ0v) is 16.9. The Balaban J connectivity index is 1.43. The summed E-state index contributed by atoms with van der Waals surface area (Å²) in [4.78, 5) is 42.9. The first-order chi connectivity index (χ1) is 15.0. The summed E-state index contributed by atoms with van der Waals surface area (Å²) in [5.41, 5.74) is 0.999. The van der Waals surface area contributed by atoms with Crippen molar-refractivity contribution in [2.75, 3.05) is 12.4 Å². The van der Waals surface area contributed by atoms with E-state index in [2.05, 4.69) is 10.3 Å². The van der Waals surface area contributed by atoms with Gasteiger partial charge in [-0.2, -0.15) is 0 Å². The summed E-state index contributed by atoms with van der Waals surface area (Å²) in [7, 11) is 1.55. The van der Waals surface area contributed by atoms with Crippen molar-refractivity contribution in [2.24, 2.45) is 0 Å². The highest BCUT2D eigenvalue weighted by molar-refractivity contribution is 6.23. The molecule has 0 bridgehead atoms. The van der Waals surface area contributed by atoms with Gasteiger partial charge >= 0.3 is 0 Å². The van der Waals surface area contributed by atoms with Crippen molar-refractivity contribution < 1.29 is 23.9 Å². The van der Waals surface area contributed by atoms with Crippen LogP contribution >= 0.6 is 0 Å². The molecule has 1 aliphatic heterocycles. The van der Waals surface area contributed by atoms with Crippen molar-refractivity contribution in [1.82, 2.24) is 9.88 Å². The molecule has 31 heavy (non-hydrogen) atoms. The van der Waals surface area contributed by atoms with Crippen LogP contribution in [-0.2, 0) is 4.79 Å². The Hall–Kier alpha value is -4.20. The van der Waals surface area contributed by atoms with E-state index in [1.165, 1.54) is 13.1 Å². The summed E-state index contributed by atoms with van der Waals surface area (Å²) in [5, 5.41) is 2.67. The predicted octanol–water partition coefficient (Wildman–Crippen LogP) is 3.51. The summed E-state index contributed by atoms with van der Waals surface area (Å²) >= 11 is 0. The number of carbonyl (C=O) groups excluding carboxylic acids is 3. The molecule has 0 saturated carbocycles. The number of para-hydroxylation sites is 2. The topological polar surface area (TPSA) is 97.8 Å². The van der Waals surface area contributed by atoms with Gasteiger partial charge in [0.25, 0.3) is 11.8 Å². The van der Waals surface area contributed by atoms with Crippen molar-refractivity contribution in [3.63, 3.8) is 0 Å². The number of rotatable bonds is 6. The molecule has 2 aromatic carbocycles. The molecule has 8 nitrogen and oxygen atoms in total. The Morgan fingerprint density at radius 2 is 1.55 bits per heavy atom. The third kappa shape index (κ3) is 3.83. The molecule has 3 amide bonds. The van der Waals surface area contributed by atoms with Crippen LogP contribution in [0.4, 0.5) is 5.69 Å². The van der Waals surface area contributed by atoms with Crippen LogP contribution in [0.2, 0.25) is 0 Å². The van der Waals surface area contributed by atoms with Gasteiger partial charge in [0.15, 0.2) is 11.5 Å². The highest BCUT2D eigenvalue weighted by Crippen LogP contribution is 2.30. The highest BCUT2D eigenvalue weighted by Gasteiger charge is 2.40. The minimum Gasteiger partial charge on any atom is -0.493 e. The van der Waals surface area contributed by atoms with Crippen molar-refractivity contribution >= 4 is 23.4 Å². The van der Waals surface area contributed by atoms with E-state index in [0.717, 1.165) is 4.90 Å². The number of amides is 3. The molecule has 8 heteroatoms. The maximum absolute atomic E-state index is 12.7. The lowest BCUT2D eigenvalue weighted by Crippen LogP contribution is -2.45. The molecule has 1 aliphatic rings. The average Bonchev–Trinajstić information content (AvgIpc) is 3.05. The molecule has 4 rings (SSSR count). The summed E-state index contributed by atoms with van der Waals surface area (Å²) in [6.07, 6.45) is 1.43. The normalized spacial score (nSPS) is 13.5. The molecule has 0 radical (unpaired) electrons. The highest BCUT2D eigenvalue weighted by atomic mass is 16.5. The third-order valence-electron chi connectivity index (χ3n) is 4.88. The van der Waals surface area contributed by atoms with Crippen molar-refractivity contribution in [3.05, 3.63) is 78.0 Å². The van der Waals surface area contributed by atoms with Gasteiger partial charge in [-0.3, -0.25) is 19.3 Å². The zero-order valence-electron chi connectivity index (χ0n) is 16.9. The second-order valence-corrected chi connectivity index (χ2v) is 6.83. The van der Waals surface area contributed by atoms with Gasteiger partial charge in [0.1, 0.15) is 6.04 Å². The Bertz CT molecular complexity index is 1120. The minimum absolute atomic E-state index is 0.298. The summed E-state index contributed by atoms with van der Waals surface area (Å²) in [5.74, 6) is -0.0839. The molecule has 1 atom stereocenters. The lowest BCUT2D eigenvalue weighted by Gasteiger charge is -2.21. The molecule has 156 valence electrons. The van der Waals surface area contributed by atoms with Crippen LogP contribution in [0.15, 0.2) is 66.9 Å². The first kappa shape index (κ1) is 20.1. The monoisotopic (exact) mass is 417 g/mol. The Kier molecular flexibility index (Phi) is 5.36. The van der Waals surface area contributed by atoms with Gasteiger partial charge in [-0.05, 0) is 37.3 Å². The van der Waals surface area contributed by atoms with Crippen LogP contribution in [0.3, 0.4) is 0 Å². The van der Waals surface area contributed by atoms with Gasteiger partial charge < -0.3 is 14.8 Å². The molecule has 1 N–H and O–H groups in total. The first-order valence-corrected chi connectivity index (χ1v) is 9.54. The van der Waals surface area contributed by atoms with Crippen LogP contribution in [0, 0.1) is 0 Å². The van der Waals surface area contributed by atoms with E-state index in [9.17, 15) is 14.4 Å². The standard InChI is InChI=1S/C23H19N3O5/c1-14(26-22(28)16-7-3-4-8-17(16)23(26)29)21(27)25-15-11-12-20(24-13-15)31-19-10-6-5-9-18(19)30-2/h3-14H,1-2H3,(H,25,27). The molecule has 2 heterocycles. The minimum atomic E-state index is -0.989. The van der Waals surface area contributed by atoms with E-state index in [1.807, 2.05) is 12.1 Å². The Labute approximate surface area is 178 Å². The van der Waals surface area contributed by atoms with Crippen molar-refractivity contribution in [2.45, 2.75) is 13.0 Å². The number of hydrogen-bond acceptors (Lipinski definition) is 6. The summed E-state index contributed by atoms with van der Waals surface area (Å²) in [6, 6.07) is 15.9. The lowest BCUT2D eigenvalue weighted by atomic mass is 10.1. The van der Waals surface area contributed by atoms with Crippen LogP contribution < -0.4 is 14.8 Å². The lowest BCUT2D eigenvalue weighted by molar-refractivity contribution is -0.119.